The lowest BCUT2D eigenvalue weighted by atomic mass is 10.1. The largest absolute Gasteiger partial charge is 0.342 e. The van der Waals surface area contributed by atoms with E-state index >= 15 is 0 Å². The van der Waals surface area contributed by atoms with Crippen molar-refractivity contribution >= 4 is 17.7 Å². The van der Waals surface area contributed by atoms with Crippen molar-refractivity contribution < 1.29 is 4.79 Å². The maximum Gasteiger partial charge on any atom is 0.226 e. The number of hydrogen-bond donors (Lipinski definition) is 0. The van der Waals surface area contributed by atoms with Gasteiger partial charge in [0.25, 0.3) is 0 Å². The monoisotopic (exact) mass is 249 g/mol. The van der Waals surface area contributed by atoms with E-state index in [0.29, 0.717) is 6.42 Å². The van der Waals surface area contributed by atoms with E-state index in [0.717, 1.165) is 31.5 Å². The van der Waals surface area contributed by atoms with Gasteiger partial charge in [0, 0.05) is 18.0 Å². The van der Waals surface area contributed by atoms with Gasteiger partial charge in [-0.2, -0.15) is 0 Å². The molecule has 1 aromatic carbocycles. The Balaban J connectivity index is 1.92. The fourth-order valence-corrected chi connectivity index (χ4v) is 2.58. The molecule has 3 heteroatoms. The van der Waals surface area contributed by atoms with E-state index in [4.69, 9.17) is 0 Å². The Kier molecular flexibility index (Phi) is 4.49. The van der Waals surface area contributed by atoms with Crippen LogP contribution in [0.5, 0.6) is 0 Å². The maximum atomic E-state index is 12.0. The number of amides is 1. The summed E-state index contributed by atoms with van der Waals surface area (Å²) in [4.78, 5) is 15.3. The Morgan fingerprint density at radius 1 is 1.18 bits per heavy atom. The first kappa shape index (κ1) is 12.5. The molecule has 2 nitrogen and oxygen atoms in total. The van der Waals surface area contributed by atoms with E-state index in [-0.39, 0.29) is 5.91 Å². The summed E-state index contributed by atoms with van der Waals surface area (Å²) in [5.74, 6) is 0.279. The molecular weight excluding hydrogens is 230 g/mol. The van der Waals surface area contributed by atoms with E-state index in [1.54, 1.807) is 11.8 Å². The number of thioether (sulfide) groups is 1. The molecule has 0 atom stereocenters. The van der Waals surface area contributed by atoms with Crippen molar-refractivity contribution in [3.63, 3.8) is 0 Å². The molecule has 1 aromatic rings. The molecule has 0 radical (unpaired) electrons. The summed E-state index contributed by atoms with van der Waals surface area (Å²) in [6.45, 7) is 1.89. The van der Waals surface area contributed by atoms with Gasteiger partial charge in [-0.05, 0) is 43.2 Å². The number of rotatable bonds is 3. The van der Waals surface area contributed by atoms with Crippen LogP contribution >= 0.6 is 11.8 Å². The quantitative estimate of drug-likeness (QED) is 0.768. The molecule has 1 aliphatic heterocycles. The summed E-state index contributed by atoms with van der Waals surface area (Å²) in [7, 11) is 0. The lowest BCUT2D eigenvalue weighted by Gasteiger charge is -2.26. The molecule has 1 aliphatic rings. The van der Waals surface area contributed by atoms with Crippen molar-refractivity contribution in [2.75, 3.05) is 19.3 Å². The number of hydrogen-bond acceptors (Lipinski definition) is 2. The Bertz CT molecular complexity index is 368. The van der Waals surface area contributed by atoms with Crippen LogP contribution in [0, 0.1) is 0 Å². The summed E-state index contributed by atoms with van der Waals surface area (Å²) in [5.41, 5.74) is 1.12. The van der Waals surface area contributed by atoms with Gasteiger partial charge in [-0.3, -0.25) is 4.79 Å². The first-order valence-electron chi connectivity index (χ1n) is 6.20. The van der Waals surface area contributed by atoms with E-state index < -0.39 is 0 Å². The highest BCUT2D eigenvalue weighted by Crippen LogP contribution is 2.16. The summed E-state index contributed by atoms with van der Waals surface area (Å²) < 4.78 is 0. The van der Waals surface area contributed by atoms with Gasteiger partial charge in [0.1, 0.15) is 0 Å². The summed E-state index contributed by atoms with van der Waals surface area (Å²) in [6, 6.07) is 8.30. The van der Waals surface area contributed by atoms with Crippen molar-refractivity contribution in [1.29, 1.82) is 0 Å². The SMILES string of the molecule is CSc1ccc(CC(=O)N2CCCCC2)cc1. The standard InChI is InChI=1S/C14H19NOS/c1-17-13-7-5-12(6-8-13)11-14(16)15-9-3-2-4-10-15/h5-8H,2-4,9-11H2,1H3. The van der Waals surface area contributed by atoms with Gasteiger partial charge in [-0.25, -0.2) is 0 Å². The Morgan fingerprint density at radius 3 is 2.41 bits per heavy atom. The van der Waals surface area contributed by atoms with Gasteiger partial charge in [-0.1, -0.05) is 12.1 Å². The normalized spacial score (nSPS) is 15.9. The van der Waals surface area contributed by atoms with E-state index in [1.807, 2.05) is 4.90 Å². The molecule has 1 heterocycles. The van der Waals surface area contributed by atoms with Gasteiger partial charge in [0.05, 0.1) is 6.42 Å². The minimum Gasteiger partial charge on any atom is -0.342 e. The van der Waals surface area contributed by atoms with Gasteiger partial charge in [0.2, 0.25) is 5.91 Å². The molecule has 2 rings (SSSR count). The van der Waals surface area contributed by atoms with Crippen LogP contribution in [0.2, 0.25) is 0 Å². The van der Waals surface area contributed by atoms with Crippen molar-refractivity contribution in [2.45, 2.75) is 30.6 Å². The van der Waals surface area contributed by atoms with Crippen molar-refractivity contribution in [2.24, 2.45) is 0 Å². The zero-order valence-corrected chi connectivity index (χ0v) is 11.1. The second kappa shape index (κ2) is 6.10. The predicted molar refractivity (Wildman–Crippen MR) is 72.4 cm³/mol. The molecule has 1 fully saturated rings. The first-order valence-corrected chi connectivity index (χ1v) is 7.43. The summed E-state index contributed by atoms with van der Waals surface area (Å²) >= 11 is 1.73. The third kappa shape index (κ3) is 3.50. The average Bonchev–Trinajstić information content (AvgIpc) is 2.40. The molecule has 0 unspecified atom stereocenters. The smallest absolute Gasteiger partial charge is 0.226 e. The van der Waals surface area contributed by atoms with Crippen LogP contribution in [0.3, 0.4) is 0 Å². The highest BCUT2D eigenvalue weighted by atomic mass is 32.2. The van der Waals surface area contributed by atoms with Crippen LogP contribution in [-0.4, -0.2) is 30.2 Å². The lowest BCUT2D eigenvalue weighted by molar-refractivity contribution is -0.131. The molecular formula is C14H19NOS. The van der Waals surface area contributed by atoms with E-state index in [1.165, 1.54) is 11.3 Å². The molecule has 1 saturated heterocycles. The van der Waals surface area contributed by atoms with Gasteiger partial charge >= 0.3 is 0 Å². The molecule has 0 spiro atoms. The number of likely N-dealkylation sites (tertiary alicyclic amines) is 1. The van der Waals surface area contributed by atoms with Gasteiger partial charge in [-0.15, -0.1) is 11.8 Å². The molecule has 0 bridgehead atoms. The third-order valence-electron chi connectivity index (χ3n) is 3.22. The Labute approximate surface area is 107 Å². The molecule has 0 aliphatic carbocycles. The number of nitrogens with zero attached hydrogens (tertiary/aromatic N) is 1. The number of carbonyl (C=O) groups excluding carboxylic acids is 1. The number of carbonyl (C=O) groups is 1. The number of benzene rings is 1. The first-order chi connectivity index (χ1) is 8.29. The molecule has 1 amide bonds. The molecule has 17 heavy (non-hydrogen) atoms. The van der Waals surface area contributed by atoms with Crippen LogP contribution in [0.15, 0.2) is 29.2 Å². The van der Waals surface area contributed by atoms with Gasteiger partial charge in [0.15, 0.2) is 0 Å². The van der Waals surface area contributed by atoms with Crippen molar-refractivity contribution in [1.82, 2.24) is 4.90 Å². The second-order valence-corrected chi connectivity index (χ2v) is 5.35. The zero-order chi connectivity index (χ0) is 12.1. The number of piperidine rings is 1. The van der Waals surface area contributed by atoms with Crippen LogP contribution in [0.4, 0.5) is 0 Å². The minimum absolute atomic E-state index is 0.279. The van der Waals surface area contributed by atoms with Gasteiger partial charge < -0.3 is 4.90 Å². The molecule has 0 aromatic heterocycles. The molecule has 0 N–H and O–H groups in total. The summed E-state index contributed by atoms with van der Waals surface area (Å²) in [5, 5.41) is 0. The van der Waals surface area contributed by atoms with Crippen molar-refractivity contribution in [3.8, 4) is 0 Å². The molecule has 92 valence electrons. The van der Waals surface area contributed by atoms with Crippen LogP contribution in [0.25, 0.3) is 0 Å². The second-order valence-electron chi connectivity index (χ2n) is 4.47. The Morgan fingerprint density at radius 2 is 1.82 bits per heavy atom. The van der Waals surface area contributed by atoms with Crippen molar-refractivity contribution in [3.05, 3.63) is 29.8 Å². The molecule has 0 saturated carbocycles. The predicted octanol–water partition coefficient (Wildman–Crippen LogP) is 2.96. The average molecular weight is 249 g/mol. The van der Waals surface area contributed by atoms with E-state index in [9.17, 15) is 4.79 Å². The highest BCUT2D eigenvalue weighted by molar-refractivity contribution is 7.98. The minimum atomic E-state index is 0.279. The van der Waals surface area contributed by atoms with Crippen LogP contribution < -0.4 is 0 Å². The topological polar surface area (TPSA) is 20.3 Å². The maximum absolute atomic E-state index is 12.0. The van der Waals surface area contributed by atoms with Crippen LogP contribution in [-0.2, 0) is 11.2 Å². The Hall–Kier alpha value is -0.960. The lowest BCUT2D eigenvalue weighted by Crippen LogP contribution is -2.36. The fourth-order valence-electron chi connectivity index (χ4n) is 2.17. The van der Waals surface area contributed by atoms with Crippen LogP contribution in [0.1, 0.15) is 24.8 Å². The summed E-state index contributed by atoms with van der Waals surface area (Å²) in [6.07, 6.45) is 6.21. The third-order valence-corrected chi connectivity index (χ3v) is 3.97. The highest BCUT2D eigenvalue weighted by Gasteiger charge is 2.16. The zero-order valence-electron chi connectivity index (χ0n) is 10.3. The van der Waals surface area contributed by atoms with E-state index in [2.05, 4.69) is 30.5 Å². The fraction of sp³-hybridized carbons (Fsp3) is 0.500.